The summed E-state index contributed by atoms with van der Waals surface area (Å²) >= 11 is 1.18. The molecule has 148 valence electrons. The van der Waals surface area contributed by atoms with Crippen LogP contribution in [0, 0.1) is 0 Å². The van der Waals surface area contributed by atoms with Crippen LogP contribution in [0.25, 0.3) is 10.2 Å². The summed E-state index contributed by atoms with van der Waals surface area (Å²) in [5.74, 6) is 0.309. The Labute approximate surface area is 166 Å². The minimum absolute atomic E-state index is 0.165. The van der Waals surface area contributed by atoms with Crippen molar-refractivity contribution in [3.8, 4) is 11.5 Å². The Bertz CT molecular complexity index is 1120. The lowest BCUT2D eigenvalue weighted by atomic mass is 10.1. The summed E-state index contributed by atoms with van der Waals surface area (Å²) in [6.45, 7) is 0. The summed E-state index contributed by atoms with van der Waals surface area (Å²) in [7, 11) is 2.33. The number of carbonyl (C=O) groups is 1. The largest absolute Gasteiger partial charge is 0.496 e. The molecule has 8 nitrogen and oxygen atoms in total. The molecule has 10 heteroatoms. The van der Waals surface area contributed by atoms with Crippen molar-refractivity contribution in [3.05, 3.63) is 42.0 Å². The minimum Gasteiger partial charge on any atom is -0.496 e. The maximum absolute atomic E-state index is 12.8. The Morgan fingerprint density at radius 1 is 1.11 bits per heavy atom. The van der Waals surface area contributed by atoms with Crippen LogP contribution in [0.4, 0.5) is 5.13 Å². The first kappa shape index (κ1) is 20.1. The van der Waals surface area contributed by atoms with Crippen molar-refractivity contribution in [1.29, 1.82) is 0 Å². The zero-order chi connectivity index (χ0) is 20.5. The highest BCUT2D eigenvalue weighted by molar-refractivity contribution is 7.89. The van der Waals surface area contributed by atoms with Crippen molar-refractivity contribution in [2.75, 3.05) is 33.6 Å². The van der Waals surface area contributed by atoms with Crippen molar-refractivity contribution >= 4 is 42.6 Å². The molecule has 0 aliphatic carbocycles. The van der Waals surface area contributed by atoms with Crippen LogP contribution in [0.5, 0.6) is 11.5 Å². The normalized spacial score (nSPS) is 11.6. The van der Waals surface area contributed by atoms with Gasteiger partial charge in [0.15, 0.2) is 5.13 Å². The second kappa shape index (κ2) is 7.74. The van der Waals surface area contributed by atoms with E-state index < -0.39 is 15.9 Å². The van der Waals surface area contributed by atoms with E-state index in [0.29, 0.717) is 26.8 Å². The number of nitrogens with one attached hydrogen (secondary N) is 1. The quantitative estimate of drug-likeness (QED) is 0.657. The lowest BCUT2D eigenvalue weighted by Gasteiger charge is -2.11. The molecule has 0 fully saturated rings. The van der Waals surface area contributed by atoms with Gasteiger partial charge in [-0.05, 0) is 30.3 Å². The fourth-order valence-electron chi connectivity index (χ4n) is 2.56. The summed E-state index contributed by atoms with van der Waals surface area (Å²) in [5, 5.41) is 3.07. The number of rotatable bonds is 6. The molecular weight excluding hydrogens is 402 g/mol. The van der Waals surface area contributed by atoms with E-state index in [4.69, 9.17) is 9.47 Å². The third-order valence-electron chi connectivity index (χ3n) is 4.01. The number of thiazole rings is 1. The molecule has 0 unspecified atom stereocenters. The first-order valence-electron chi connectivity index (χ1n) is 8.13. The number of amides is 1. The molecule has 28 heavy (non-hydrogen) atoms. The second-order valence-electron chi connectivity index (χ2n) is 5.93. The average molecular weight is 422 g/mol. The standard InChI is InChI=1S/C18H19N3O5S2/c1-21(2)28(23,24)11-8-9-12-15(10-11)27-18(19-12)20-17(22)16-13(25-3)6-5-7-14(16)26-4/h5-10H,1-4H3,(H,19,20,22). The third kappa shape index (κ3) is 3.66. The van der Waals surface area contributed by atoms with Gasteiger partial charge in [-0.3, -0.25) is 10.1 Å². The van der Waals surface area contributed by atoms with Gasteiger partial charge in [-0.25, -0.2) is 17.7 Å². The predicted octanol–water partition coefficient (Wildman–Crippen LogP) is 2.82. The summed E-state index contributed by atoms with van der Waals surface area (Å²) in [6.07, 6.45) is 0. The number of methoxy groups -OCH3 is 2. The third-order valence-corrected chi connectivity index (χ3v) is 6.76. The van der Waals surface area contributed by atoms with Crippen LogP contribution in [-0.2, 0) is 10.0 Å². The Kier molecular flexibility index (Phi) is 5.54. The molecule has 0 atom stereocenters. The van der Waals surface area contributed by atoms with Crippen molar-refractivity contribution in [2.45, 2.75) is 4.90 Å². The number of anilines is 1. The molecule has 0 spiro atoms. The molecule has 1 heterocycles. The molecule has 0 aliphatic rings. The van der Waals surface area contributed by atoms with Crippen LogP contribution in [0.15, 0.2) is 41.3 Å². The van der Waals surface area contributed by atoms with E-state index in [-0.39, 0.29) is 10.5 Å². The first-order valence-corrected chi connectivity index (χ1v) is 10.4. The van der Waals surface area contributed by atoms with Crippen LogP contribution < -0.4 is 14.8 Å². The molecule has 2 aromatic carbocycles. The Balaban J connectivity index is 1.95. The molecule has 0 saturated carbocycles. The second-order valence-corrected chi connectivity index (χ2v) is 9.11. The maximum atomic E-state index is 12.8. The highest BCUT2D eigenvalue weighted by atomic mass is 32.2. The van der Waals surface area contributed by atoms with E-state index in [1.807, 2.05) is 0 Å². The fourth-order valence-corrected chi connectivity index (χ4v) is 4.47. The van der Waals surface area contributed by atoms with E-state index in [2.05, 4.69) is 10.3 Å². The summed E-state index contributed by atoms with van der Waals surface area (Å²) in [4.78, 5) is 17.3. The molecule has 1 aromatic heterocycles. The molecule has 3 aromatic rings. The van der Waals surface area contributed by atoms with Crippen molar-refractivity contribution < 1.29 is 22.7 Å². The van der Waals surface area contributed by atoms with E-state index in [1.165, 1.54) is 45.7 Å². The Hall–Kier alpha value is -2.69. The number of ether oxygens (including phenoxy) is 2. The lowest BCUT2D eigenvalue weighted by molar-refractivity contribution is 0.102. The van der Waals surface area contributed by atoms with Crippen LogP contribution in [-0.4, -0.2) is 51.9 Å². The van der Waals surface area contributed by atoms with Gasteiger partial charge in [0.2, 0.25) is 10.0 Å². The van der Waals surface area contributed by atoms with Crippen molar-refractivity contribution in [1.82, 2.24) is 9.29 Å². The van der Waals surface area contributed by atoms with Crippen molar-refractivity contribution in [2.24, 2.45) is 0 Å². The topological polar surface area (TPSA) is 97.8 Å². The monoisotopic (exact) mass is 421 g/mol. The lowest BCUT2D eigenvalue weighted by Crippen LogP contribution is -2.22. The van der Waals surface area contributed by atoms with E-state index in [9.17, 15) is 13.2 Å². The number of sulfonamides is 1. The fraction of sp³-hybridized carbons (Fsp3) is 0.222. The summed E-state index contributed by atoms with van der Waals surface area (Å²) in [6, 6.07) is 9.69. The van der Waals surface area contributed by atoms with Crippen LogP contribution in [0.3, 0.4) is 0 Å². The SMILES string of the molecule is COc1cccc(OC)c1C(=O)Nc1nc2ccc(S(=O)(=O)N(C)C)cc2s1. The van der Waals surface area contributed by atoms with Gasteiger partial charge in [-0.2, -0.15) is 0 Å². The van der Waals surface area contributed by atoms with Gasteiger partial charge in [-0.1, -0.05) is 17.4 Å². The number of hydrogen-bond acceptors (Lipinski definition) is 7. The zero-order valence-electron chi connectivity index (χ0n) is 15.7. The molecule has 0 aliphatic heterocycles. The number of benzene rings is 2. The van der Waals surface area contributed by atoms with E-state index in [0.717, 1.165) is 4.31 Å². The number of hydrogen-bond donors (Lipinski definition) is 1. The van der Waals surface area contributed by atoms with Gasteiger partial charge < -0.3 is 9.47 Å². The van der Waals surface area contributed by atoms with Gasteiger partial charge in [0.1, 0.15) is 17.1 Å². The highest BCUT2D eigenvalue weighted by Gasteiger charge is 2.21. The number of carbonyl (C=O) groups excluding carboxylic acids is 1. The van der Waals surface area contributed by atoms with Crippen LogP contribution >= 0.6 is 11.3 Å². The van der Waals surface area contributed by atoms with Gasteiger partial charge in [0.25, 0.3) is 5.91 Å². The van der Waals surface area contributed by atoms with Crippen LogP contribution in [0.1, 0.15) is 10.4 Å². The van der Waals surface area contributed by atoms with E-state index >= 15 is 0 Å². The van der Waals surface area contributed by atoms with Gasteiger partial charge in [0, 0.05) is 14.1 Å². The number of nitrogens with zero attached hydrogens (tertiary/aromatic N) is 2. The maximum Gasteiger partial charge on any atom is 0.265 e. The van der Waals surface area contributed by atoms with Gasteiger partial charge in [0.05, 0.1) is 29.3 Å². The van der Waals surface area contributed by atoms with E-state index in [1.54, 1.807) is 30.3 Å². The zero-order valence-corrected chi connectivity index (χ0v) is 17.3. The van der Waals surface area contributed by atoms with Gasteiger partial charge >= 0.3 is 0 Å². The molecule has 0 radical (unpaired) electrons. The smallest absolute Gasteiger partial charge is 0.265 e. The van der Waals surface area contributed by atoms with Crippen molar-refractivity contribution in [3.63, 3.8) is 0 Å². The average Bonchev–Trinajstić information content (AvgIpc) is 3.08. The molecule has 3 rings (SSSR count). The summed E-state index contributed by atoms with van der Waals surface area (Å²) < 4.78 is 36.9. The highest BCUT2D eigenvalue weighted by Crippen LogP contribution is 2.32. The Morgan fingerprint density at radius 2 is 1.75 bits per heavy atom. The number of aromatic nitrogens is 1. The summed E-state index contributed by atoms with van der Waals surface area (Å²) in [5.41, 5.74) is 0.840. The molecule has 0 saturated heterocycles. The molecule has 0 bridgehead atoms. The molecular formula is C18H19N3O5S2. The van der Waals surface area contributed by atoms with Crippen LogP contribution in [0.2, 0.25) is 0 Å². The predicted molar refractivity (Wildman–Crippen MR) is 108 cm³/mol. The molecule has 1 amide bonds. The number of fused-ring (bicyclic) bond motifs is 1. The van der Waals surface area contributed by atoms with Gasteiger partial charge in [-0.15, -0.1) is 0 Å². The minimum atomic E-state index is -3.55. The molecule has 1 N–H and O–H groups in total. The first-order chi connectivity index (χ1) is 13.3. The Morgan fingerprint density at radius 3 is 2.32 bits per heavy atom.